The number of carbonyl (C=O) groups excluding carboxylic acids is 1. The van der Waals surface area contributed by atoms with Crippen LogP contribution in [-0.2, 0) is 0 Å². The van der Waals surface area contributed by atoms with Gasteiger partial charge in [-0.1, -0.05) is 73.1 Å². The van der Waals surface area contributed by atoms with Crippen molar-refractivity contribution in [1.82, 2.24) is 4.98 Å². The molecule has 1 N–H and O–H groups in total. The van der Waals surface area contributed by atoms with Gasteiger partial charge >= 0.3 is 0 Å². The molecule has 1 aromatic heterocycles. The highest BCUT2D eigenvalue weighted by molar-refractivity contribution is 5.95. The van der Waals surface area contributed by atoms with Crippen molar-refractivity contribution in [2.24, 2.45) is 0 Å². The fourth-order valence-corrected chi connectivity index (χ4v) is 1.88. The first-order valence-electron chi connectivity index (χ1n) is 8.50. The van der Waals surface area contributed by atoms with E-state index in [9.17, 15) is 4.79 Å². The van der Waals surface area contributed by atoms with Crippen molar-refractivity contribution in [2.45, 2.75) is 86.0 Å². The van der Waals surface area contributed by atoms with Crippen LogP contribution >= 0.6 is 0 Å². The summed E-state index contributed by atoms with van der Waals surface area (Å²) in [5.74, 6) is 0.273. The maximum atomic E-state index is 11.6. The average molecular weight is 281 g/mol. The smallest absolute Gasteiger partial charge is 0.164 e. The van der Waals surface area contributed by atoms with Crippen LogP contribution in [-0.4, -0.2) is 10.8 Å². The zero-order chi connectivity index (χ0) is 15.6. The Balaban J connectivity index is 0. The Morgan fingerprint density at radius 2 is 1.50 bits per heavy atom. The van der Waals surface area contributed by atoms with Crippen molar-refractivity contribution < 1.29 is 4.79 Å². The number of carbonyl (C=O) groups is 1. The fraction of sp³-hybridized carbons (Fsp3) is 0.722. The van der Waals surface area contributed by atoms with E-state index < -0.39 is 0 Å². The Labute approximate surface area is 126 Å². The minimum absolute atomic E-state index is 0.273. The van der Waals surface area contributed by atoms with E-state index in [1.54, 1.807) is 12.4 Å². The Hall–Kier alpha value is -1.05. The molecule has 0 aromatic carbocycles. The predicted octanol–water partition coefficient (Wildman–Crippen LogP) is 6.39. The summed E-state index contributed by atoms with van der Waals surface area (Å²) in [5.41, 5.74) is 0.825. The summed E-state index contributed by atoms with van der Waals surface area (Å²) in [6.07, 6.45) is 13.1. The number of ketones is 1. The van der Waals surface area contributed by atoms with E-state index in [-0.39, 0.29) is 5.78 Å². The number of unbranched alkanes of at least 4 members (excludes halogenated alkanes) is 6. The molecule has 0 unspecified atom stereocenters. The molecule has 0 aliphatic rings. The molecule has 1 rings (SSSR count). The number of Topliss-reactive ketones (excluding diaryl/α,β-unsaturated/α-hetero) is 1. The summed E-state index contributed by atoms with van der Waals surface area (Å²) in [6.45, 7) is 10.2. The predicted molar refractivity (Wildman–Crippen MR) is 90.4 cm³/mol. The van der Waals surface area contributed by atoms with Crippen LogP contribution in [0.25, 0.3) is 0 Å². The third-order valence-corrected chi connectivity index (χ3v) is 2.93. The molecule has 0 saturated carbocycles. The molecule has 0 aliphatic heterocycles. The third-order valence-electron chi connectivity index (χ3n) is 2.93. The quantitative estimate of drug-likeness (QED) is 0.413. The first kappa shape index (κ1) is 21.3. The zero-order valence-corrected chi connectivity index (χ0v) is 14.3. The SMILES string of the molecule is CC.CC.CCCCCCCCCC(=O)c1cc[nH]c1. The second-order valence-corrected chi connectivity index (χ2v) is 4.39. The molecule has 2 heteroatoms. The molecule has 2 nitrogen and oxygen atoms in total. The van der Waals surface area contributed by atoms with Gasteiger partial charge in [-0.15, -0.1) is 0 Å². The maximum Gasteiger partial charge on any atom is 0.164 e. The van der Waals surface area contributed by atoms with Crippen LogP contribution in [0.5, 0.6) is 0 Å². The summed E-state index contributed by atoms with van der Waals surface area (Å²) in [4.78, 5) is 14.5. The van der Waals surface area contributed by atoms with Gasteiger partial charge in [-0.2, -0.15) is 0 Å². The topological polar surface area (TPSA) is 32.9 Å². The first-order valence-corrected chi connectivity index (χ1v) is 8.50. The summed E-state index contributed by atoms with van der Waals surface area (Å²) >= 11 is 0. The minimum atomic E-state index is 0.273. The van der Waals surface area contributed by atoms with Crippen molar-refractivity contribution >= 4 is 5.78 Å². The average Bonchev–Trinajstić information content (AvgIpc) is 3.05. The van der Waals surface area contributed by atoms with Gasteiger partial charge < -0.3 is 4.98 Å². The van der Waals surface area contributed by atoms with Gasteiger partial charge in [-0.05, 0) is 12.5 Å². The molecule has 0 fully saturated rings. The molecule has 0 amide bonds. The van der Waals surface area contributed by atoms with Crippen molar-refractivity contribution in [2.75, 3.05) is 0 Å². The van der Waals surface area contributed by atoms with E-state index in [4.69, 9.17) is 0 Å². The van der Waals surface area contributed by atoms with E-state index >= 15 is 0 Å². The Morgan fingerprint density at radius 3 is 2.00 bits per heavy atom. The van der Waals surface area contributed by atoms with Gasteiger partial charge in [0.2, 0.25) is 0 Å². The Kier molecular flexibility index (Phi) is 19.1. The monoisotopic (exact) mass is 281 g/mol. The van der Waals surface area contributed by atoms with Crippen molar-refractivity contribution in [3.63, 3.8) is 0 Å². The normalized spacial score (nSPS) is 9.05. The Morgan fingerprint density at radius 1 is 0.950 bits per heavy atom. The van der Waals surface area contributed by atoms with Crippen LogP contribution < -0.4 is 0 Å². The molecular weight excluding hydrogens is 246 g/mol. The van der Waals surface area contributed by atoms with E-state index in [1.165, 1.54) is 38.5 Å². The summed E-state index contributed by atoms with van der Waals surface area (Å²) in [5, 5.41) is 0. The number of aromatic amines is 1. The second kappa shape index (κ2) is 17.9. The molecular formula is C18H35NO. The Bertz CT molecular complexity index is 278. The lowest BCUT2D eigenvalue weighted by molar-refractivity contribution is 0.0979. The van der Waals surface area contributed by atoms with Gasteiger partial charge in [0.15, 0.2) is 5.78 Å². The van der Waals surface area contributed by atoms with Crippen molar-refractivity contribution in [3.8, 4) is 0 Å². The first-order chi connectivity index (χ1) is 9.84. The number of H-pyrrole nitrogens is 1. The molecule has 0 aliphatic carbocycles. The lowest BCUT2D eigenvalue weighted by Crippen LogP contribution is -1.96. The van der Waals surface area contributed by atoms with Gasteiger partial charge in [-0.3, -0.25) is 4.79 Å². The van der Waals surface area contributed by atoms with Crippen molar-refractivity contribution in [1.29, 1.82) is 0 Å². The van der Waals surface area contributed by atoms with Gasteiger partial charge in [0.25, 0.3) is 0 Å². The van der Waals surface area contributed by atoms with Crippen LogP contribution in [0.3, 0.4) is 0 Å². The standard InChI is InChI=1S/C14H23NO.2C2H6/c1-2-3-4-5-6-7-8-9-14(16)13-10-11-15-12-13;2*1-2/h10-12,15H,2-9H2,1H3;2*1-2H3. The number of hydrogen-bond acceptors (Lipinski definition) is 1. The molecule has 0 spiro atoms. The van der Waals surface area contributed by atoms with E-state index in [2.05, 4.69) is 11.9 Å². The summed E-state index contributed by atoms with van der Waals surface area (Å²) in [7, 11) is 0. The molecule has 1 aromatic rings. The number of nitrogens with one attached hydrogen (secondary N) is 1. The third kappa shape index (κ3) is 12.0. The highest BCUT2D eigenvalue weighted by Crippen LogP contribution is 2.10. The second-order valence-electron chi connectivity index (χ2n) is 4.39. The molecule has 0 atom stereocenters. The van der Waals surface area contributed by atoms with Crippen LogP contribution in [0.15, 0.2) is 18.5 Å². The number of aromatic nitrogens is 1. The lowest BCUT2D eigenvalue weighted by Gasteiger charge is -2.00. The van der Waals surface area contributed by atoms with Crippen LogP contribution in [0.2, 0.25) is 0 Å². The van der Waals surface area contributed by atoms with Crippen LogP contribution in [0, 0.1) is 0 Å². The number of hydrogen-bond donors (Lipinski definition) is 1. The van der Waals surface area contributed by atoms with Gasteiger partial charge in [0.05, 0.1) is 0 Å². The van der Waals surface area contributed by atoms with Crippen LogP contribution in [0.1, 0.15) is 96.3 Å². The summed E-state index contributed by atoms with van der Waals surface area (Å²) < 4.78 is 0. The lowest BCUT2D eigenvalue weighted by atomic mass is 10.0. The largest absolute Gasteiger partial charge is 0.367 e. The number of rotatable bonds is 9. The molecule has 1 heterocycles. The zero-order valence-electron chi connectivity index (χ0n) is 14.3. The maximum absolute atomic E-state index is 11.6. The van der Waals surface area contributed by atoms with Gasteiger partial charge in [-0.25, -0.2) is 0 Å². The molecule has 20 heavy (non-hydrogen) atoms. The minimum Gasteiger partial charge on any atom is -0.367 e. The van der Waals surface area contributed by atoms with E-state index in [0.29, 0.717) is 6.42 Å². The molecule has 0 saturated heterocycles. The van der Waals surface area contributed by atoms with Crippen molar-refractivity contribution in [3.05, 3.63) is 24.0 Å². The highest BCUT2D eigenvalue weighted by atomic mass is 16.1. The van der Waals surface area contributed by atoms with E-state index in [1.807, 2.05) is 33.8 Å². The fourth-order valence-electron chi connectivity index (χ4n) is 1.88. The summed E-state index contributed by atoms with van der Waals surface area (Å²) in [6, 6.07) is 1.85. The van der Waals surface area contributed by atoms with Crippen LogP contribution in [0.4, 0.5) is 0 Å². The van der Waals surface area contributed by atoms with Gasteiger partial charge in [0, 0.05) is 24.4 Å². The molecule has 0 bridgehead atoms. The van der Waals surface area contributed by atoms with Gasteiger partial charge in [0.1, 0.15) is 0 Å². The van der Waals surface area contributed by atoms with E-state index in [0.717, 1.165) is 12.0 Å². The molecule has 118 valence electrons. The highest BCUT2D eigenvalue weighted by Gasteiger charge is 2.04. The molecule has 0 radical (unpaired) electrons.